The van der Waals surface area contributed by atoms with Crippen LogP contribution in [-0.2, 0) is 11.2 Å². The average Bonchev–Trinajstić information content (AvgIpc) is 3.14. The lowest BCUT2D eigenvalue weighted by Crippen LogP contribution is -2.53. The topological polar surface area (TPSA) is 98.5 Å². The predicted molar refractivity (Wildman–Crippen MR) is 129 cm³/mol. The number of nitrogen functional groups attached to an aromatic ring is 1. The number of thiophene rings is 1. The van der Waals surface area contributed by atoms with Crippen LogP contribution in [0.1, 0.15) is 45.3 Å². The number of rotatable bonds is 3. The molecule has 1 amide bonds. The van der Waals surface area contributed by atoms with E-state index in [2.05, 4.69) is 33.8 Å². The number of piperidine rings is 1. The summed E-state index contributed by atoms with van der Waals surface area (Å²) in [7, 11) is 0. The number of anilines is 1. The summed E-state index contributed by atoms with van der Waals surface area (Å²) in [4.78, 5) is 18.8. The summed E-state index contributed by atoms with van der Waals surface area (Å²) in [5.41, 5.74) is 10.1. The monoisotopic (exact) mass is 464 g/mol. The Labute approximate surface area is 196 Å². The Balaban J connectivity index is 1.15. The van der Waals surface area contributed by atoms with Crippen molar-refractivity contribution in [3.63, 3.8) is 0 Å². The van der Waals surface area contributed by atoms with Crippen LogP contribution in [0.25, 0.3) is 10.2 Å². The first kappa shape index (κ1) is 20.9. The Bertz CT molecular complexity index is 1210. The minimum Gasteiger partial charge on any atom is -0.491 e. The molecule has 172 valence electrons. The minimum atomic E-state index is -0.162. The Hall–Kier alpha value is -2.68. The van der Waals surface area contributed by atoms with E-state index in [4.69, 9.17) is 15.2 Å². The van der Waals surface area contributed by atoms with E-state index in [1.807, 2.05) is 19.1 Å². The van der Waals surface area contributed by atoms with Crippen molar-refractivity contribution in [3.05, 3.63) is 52.0 Å². The van der Waals surface area contributed by atoms with Crippen LogP contribution in [-0.4, -0.2) is 48.8 Å². The predicted octanol–water partition coefficient (Wildman–Crippen LogP) is 3.15. The molecule has 0 spiro atoms. The lowest BCUT2D eigenvalue weighted by atomic mass is 9.81. The first-order valence-electron chi connectivity index (χ1n) is 11.6. The number of aromatic nitrogens is 1. The minimum absolute atomic E-state index is 0.0921. The number of nitrogens with zero attached hydrogens (tertiary/aromatic N) is 1. The van der Waals surface area contributed by atoms with Crippen LogP contribution in [0.4, 0.5) is 5.69 Å². The second kappa shape index (κ2) is 8.27. The van der Waals surface area contributed by atoms with Gasteiger partial charge in [-0.05, 0) is 61.4 Å². The second-order valence-corrected chi connectivity index (χ2v) is 10.5. The molecule has 0 radical (unpaired) electrons. The molecule has 2 unspecified atom stereocenters. The maximum Gasteiger partial charge on any atom is 0.263 e. The Kier molecular flexibility index (Phi) is 5.24. The Morgan fingerprint density at radius 1 is 1.18 bits per heavy atom. The van der Waals surface area contributed by atoms with Gasteiger partial charge in [0, 0.05) is 23.2 Å². The maximum absolute atomic E-state index is 13.0. The number of carbonyl (C=O) groups excluding carboxylic acids is 1. The lowest BCUT2D eigenvalue weighted by Gasteiger charge is -2.40. The SMILES string of the molecule is Cc1ccc2c(N)c(C(=O)N[C@H]3COc4cc(C5CC6COCC(C5)N6)ccc4C3)sc2n1. The van der Waals surface area contributed by atoms with Crippen molar-refractivity contribution in [2.45, 2.75) is 50.2 Å². The standard InChI is InChI=1S/C25H28N4O3S/c1-13-2-5-20-22(26)23(33-25(20)27-13)24(30)29-19-6-15-4-3-14(9-21(15)32-12-19)16-7-17-10-31-11-18(8-16)28-17/h2-5,9,16-19,28H,6-8,10-12,26H2,1H3,(H,29,30)/t16?,17?,18?,19-/m1/s1. The van der Waals surface area contributed by atoms with Crippen molar-refractivity contribution >= 4 is 33.1 Å². The fourth-order valence-corrected chi connectivity index (χ4v) is 6.40. The molecule has 2 saturated heterocycles. The van der Waals surface area contributed by atoms with Gasteiger partial charge in [-0.3, -0.25) is 4.79 Å². The van der Waals surface area contributed by atoms with Crippen LogP contribution >= 0.6 is 11.3 Å². The largest absolute Gasteiger partial charge is 0.491 e. The van der Waals surface area contributed by atoms with Crippen LogP contribution in [0.3, 0.4) is 0 Å². The molecule has 5 heterocycles. The molecule has 1 aromatic carbocycles. The normalized spacial score (nSPS) is 26.5. The van der Waals surface area contributed by atoms with E-state index >= 15 is 0 Å². The Morgan fingerprint density at radius 2 is 2.00 bits per heavy atom. The number of aryl methyl sites for hydroxylation is 1. The van der Waals surface area contributed by atoms with Gasteiger partial charge in [-0.15, -0.1) is 11.3 Å². The van der Waals surface area contributed by atoms with Gasteiger partial charge >= 0.3 is 0 Å². The van der Waals surface area contributed by atoms with E-state index < -0.39 is 0 Å². The van der Waals surface area contributed by atoms with Crippen molar-refractivity contribution < 1.29 is 14.3 Å². The zero-order valence-electron chi connectivity index (χ0n) is 18.6. The molecule has 33 heavy (non-hydrogen) atoms. The number of carbonyl (C=O) groups is 1. The summed E-state index contributed by atoms with van der Waals surface area (Å²) in [5.74, 6) is 1.31. The van der Waals surface area contributed by atoms with Gasteiger partial charge in [-0.2, -0.15) is 0 Å². The maximum atomic E-state index is 13.0. The van der Waals surface area contributed by atoms with Gasteiger partial charge in [-0.25, -0.2) is 4.98 Å². The van der Waals surface area contributed by atoms with Crippen LogP contribution < -0.4 is 21.1 Å². The molecule has 0 aliphatic carbocycles. The van der Waals surface area contributed by atoms with Crippen molar-refractivity contribution in [1.29, 1.82) is 0 Å². The van der Waals surface area contributed by atoms with E-state index in [0.717, 1.165) is 59.7 Å². The summed E-state index contributed by atoms with van der Waals surface area (Å²) in [6.45, 7) is 3.99. The van der Waals surface area contributed by atoms with Crippen molar-refractivity contribution in [2.24, 2.45) is 0 Å². The number of amides is 1. The summed E-state index contributed by atoms with van der Waals surface area (Å²) in [5, 5.41) is 7.61. The van der Waals surface area contributed by atoms with Crippen LogP contribution in [0.15, 0.2) is 30.3 Å². The molecule has 2 fully saturated rings. The molecule has 3 aliphatic rings. The number of nitrogens with one attached hydrogen (secondary N) is 2. The molecule has 8 heteroatoms. The van der Waals surface area contributed by atoms with E-state index in [-0.39, 0.29) is 11.9 Å². The van der Waals surface area contributed by atoms with Crippen LogP contribution in [0.5, 0.6) is 5.75 Å². The fourth-order valence-electron chi connectivity index (χ4n) is 5.35. The van der Waals surface area contributed by atoms with Gasteiger partial charge in [0.05, 0.1) is 24.9 Å². The first-order valence-corrected chi connectivity index (χ1v) is 12.4. The third-order valence-electron chi connectivity index (χ3n) is 6.99. The molecular weight excluding hydrogens is 436 g/mol. The molecule has 7 nitrogen and oxygen atoms in total. The van der Waals surface area contributed by atoms with Gasteiger partial charge in [0.1, 0.15) is 22.1 Å². The van der Waals surface area contributed by atoms with Crippen molar-refractivity contribution in [3.8, 4) is 5.75 Å². The van der Waals surface area contributed by atoms with Gasteiger partial charge in [0.2, 0.25) is 0 Å². The first-order chi connectivity index (χ1) is 16.0. The summed E-state index contributed by atoms with van der Waals surface area (Å²) in [6.07, 6.45) is 2.94. The van der Waals surface area contributed by atoms with Crippen molar-refractivity contribution in [2.75, 3.05) is 25.6 Å². The molecule has 3 atom stereocenters. The zero-order valence-corrected chi connectivity index (χ0v) is 19.4. The summed E-state index contributed by atoms with van der Waals surface area (Å²) < 4.78 is 11.8. The van der Waals surface area contributed by atoms with Crippen LogP contribution in [0, 0.1) is 6.92 Å². The summed E-state index contributed by atoms with van der Waals surface area (Å²) in [6, 6.07) is 11.2. The fraction of sp³-hybridized carbons (Fsp3) is 0.440. The number of hydrogen-bond acceptors (Lipinski definition) is 7. The number of pyridine rings is 1. The van der Waals surface area contributed by atoms with E-state index in [0.29, 0.717) is 35.2 Å². The van der Waals surface area contributed by atoms with E-state index in [9.17, 15) is 4.79 Å². The second-order valence-electron chi connectivity index (χ2n) is 9.47. The average molecular weight is 465 g/mol. The van der Waals surface area contributed by atoms with E-state index in [1.165, 1.54) is 16.9 Å². The molecule has 2 aromatic heterocycles. The lowest BCUT2D eigenvalue weighted by molar-refractivity contribution is 0.0180. The van der Waals surface area contributed by atoms with Gasteiger partial charge in [-0.1, -0.05) is 12.1 Å². The highest BCUT2D eigenvalue weighted by Crippen LogP contribution is 2.37. The Morgan fingerprint density at radius 3 is 2.82 bits per heavy atom. The number of benzene rings is 1. The zero-order chi connectivity index (χ0) is 22.5. The molecule has 2 bridgehead atoms. The highest BCUT2D eigenvalue weighted by Gasteiger charge is 2.33. The number of fused-ring (bicyclic) bond motifs is 4. The third kappa shape index (κ3) is 3.96. The molecule has 3 aliphatic heterocycles. The van der Waals surface area contributed by atoms with Gasteiger partial charge in [0.15, 0.2) is 0 Å². The number of morpholine rings is 1. The third-order valence-corrected chi connectivity index (χ3v) is 8.10. The highest BCUT2D eigenvalue weighted by atomic mass is 32.1. The summed E-state index contributed by atoms with van der Waals surface area (Å²) >= 11 is 1.34. The van der Waals surface area contributed by atoms with Crippen molar-refractivity contribution in [1.82, 2.24) is 15.6 Å². The van der Waals surface area contributed by atoms with Gasteiger partial charge in [0.25, 0.3) is 5.91 Å². The number of nitrogens with two attached hydrogens (primary N) is 1. The van der Waals surface area contributed by atoms with E-state index in [1.54, 1.807) is 0 Å². The number of ether oxygens (including phenoxy) is 2. The number of hydrogen-bond donors (Lipinski definition) is 3. The van der Waals surface area contributed by atoms with Gasteiger partial charge < -0.3 is 25.8 Å². The molecular formula is C25H28N4O3S. The quantitative estimate of drug-likeness (QED) is 0.551. The van der Waals surface area contributed by atoms with Crippen LogP contribution in [0.2, 0.25) is 0 Å². The highest BCUT2D eigenvalue weighted by molar-refractivity contribution is 7.21. The smallest absolute Gasteiger partial charge is 0.263 e. The molecule has 4 N–H and O–H groups in total. The molecule has 6 rings (SSSR count). The molecule has 3 aromatic rings. The molecule has 0 saturated carbocycles.